The van der Waals surface area contributed by atoms with Gasteiger partial charge in [0.25, 0.3) is 0 Å². The third kappa shape index (κ3) is 6.82. The van der Waals surface area contributed by atoms with Crippen molar-refractivity contribution in [1.82, 2.24) is 0 Å². The zero-order valence-corrected chi connectivity index (χ0v) is 18.7. The molecule has 0 N–H and O–H groups in total. The van der Waals surface area contributed by atoms with Crippen molar-refractivity contribution < 1.29 is 14.3 Å². The second-order valence-corrected chi connectivity index (χ2v) is 7.58. The Kier molecular flexibility index (Phi) is 9.08. The normalized spacial score (nSPS) is 10.5. The smallest absolute Gasteiger partial charge is 0.330 e. The number of carbonyl (C=O) groups excluding carboxylic acids is 1. The van der Waals surface area contributed by atoms with Crippen LogP contribution in [0.5, 0.6) is 0 Å². The molecule has 0 spiro atoms. The van der Waals surface area contributed by atoms with Crippen molar-refractivity contribution >= 4 is 23.0 Å². The fourth-order valence-corrected chi connectivity index (χ4v) is 3.58. The van der Waals surface area contributed by atoms with Crippen LogP contribution < -0.4 is 4.90 Å². The summed E-state index contributed by atoms with van der Waals surface area (Å²) in [5.41, 5.74) is 5.86. The van der Waals surface area contributed by atoms with Gasteiger partial charge >= 0.3 is 5.97 Å². The summed E-state index contributed by atoms with van der Waals surface area (Å²) in [7, 11) is 1.74. The van der Waals surface area contributed by atoms with Crippen molar-refractivity contribution in [1.29, 1.82) is 0 Å². The van der Waals surface area contributed by atoms with Crippen molar-refractivity contribution in [2.75, 3.05) is 25.2 Å². The van der Waals surface area contributed by atoms with Crippen molar-refractivity contribution in [3.63, 3.8) is 0 Å². The Morgan fingerprint density at radius 2 is 1.28 bits per heavy atom. The Hall–Kier alpha value is -3.37. The summed E-state index contributed by atoms with van der Waals surface area (Å²) >= 11 is 0. The Bertz CT molecular complexity index is 966. The van der Waals surface area contributed by atoms with E-state index in [0.29, 0.717) is 6.61 Å². The molecule has 0 aliphatic rings. The second kappa shape index (κ2) is 12.5. The highest BCUT2D eigenvalue weighted by atomic mass is 16.5. The molecule has 0 saturated carbocycles. The summed E-state index contributed by atoms with van der Waals surface area (Å²) in [6.07, 6.45) is 4.86. The van der Waals surface area contributed by atoms with Gasteiger partial charge in [0.15, 0.2) is 0 Å². The Morgan fingerprint density at radius 1 is 0.781 bits per heavy atom. The monoisotopic (exact) mass is 429 g/mol. The average molecular weight is 430 g/mol. The van der Waals surface area contributed by atoms with Gasteiger partial charge < -0.3 is 14.4 Å². The van der Waals surface area contributed by atoms with Crippen LogP contribution in [-0.4, -0.2) is 26.3 Å². The van der Waals surface area contributed by atoms with E-state index >= 15 is 0 Å². The molecule has 3 aromatic carbocycles. The third-order valence-corrected chi connectivity index (χ3v) is 5.24. The van der Waals surface area contributed by atoms with Crippen LogP contribution in [0.3, 0.4) is 0 Å². The van der Waals surface area contributed by atoms with Crippen molar-refractivity contribution in [2.24, 2.45) is 0 Å². The molecule has 32 heavy (non-hydrogen) atoms. The van der Waals surface area contributed by atoms with Crippen molar-refractivity contribution in [3.8, 4) is 0 Å². The van der Waals surface area contributed by atoms with E-state index in [4.69, 9.17) is 9.47 Å². The van der Waals surface area contributed by atoms with Gasteiger partial charge in [-0.3, -0.25) is 0 Å². The lowest BCUT2D eigenvalue weighted by atomic mass is 10.1. The molecule has 0 aliphatic carbocycles. The second-order valence-electron chi connectivity index (χ2n) is 7.58. The van der Waals surface area contributed by atoms with Crippen molar-refractivity contribution in [2.45, 2.75) is 25.7 Å². The number of carbonyl (C=O) groups is 1. The van der Waals surface area contributed by atoms with Crippen LogP contribution in [0.4, 0.5) is 17.1 Å². The lowest BCUT2D eigenvalue weighted by Crippen LogP contribution is -2.10. The number of hydrogen-bond acceptors (Lipinski definition) is 4. The predicted molar refractivity (Wildman–Crippen MR) is 131 cm³/mol. The van der Waals surface area contributed by atoms with E-state index in [9.17, 15) is 4.79 Å². The van der Waals surface area contributed by atoms with E-state index < -0.39 is 0 Å². The van der Waals surface area contributed by atoms with Gasteiger partial charge in [0.05, 0.1) is 6.61 Å². The summed E-state index contributed by atoms with van der Waals surface area (Å²) in [6, 6.07) is 27.7. The predicted octanol–water partition coefficient (Wildman–Crippen LogP) is 6.40. The lowest BCUT2D eigenvalue weighted by molar-refractivity contribution is -0.137. The van der Waals surface area contributed by atoms with Gasteiger partial charge in [0.2, 0.25) is 0 Å². The molecule has 0 bridgehead atoms. The summed E-state index contributed by atoms with van der Waals surface area (Å²) in [5.74, 6) is -0.372. The summed E-state index contributed by atoms with van der Waals surface area (Å²) in [4.78, 5) is 13.4. The molecule has 4 nitrogen and oxygen atoms in total. The topological polar surface area (TPSA) is 38.8 Å². The Labute approximate surface area is 191 Å². The summed E-state index contributed by atoms with van der Waals surface area (Å²) in [6.45, 7) is 4.59. The number of esters is 1. The van der Waals surface area contributed by atoms with Gasteiger partial charge in [-0.15, -0.1) is 0 Å². The van der Waals surface area contributed by atoms with Gasteiger partial charge in [-0.05, 0) is 73.2 Å². The summed E-state index contributed by atoms with van der Waals surface area (Å²) < 4.78 is 10.2. The largest absolute Gasteiger partial charge is 0.463 e. The fourth-order valence-electron chi connectivity index (χ4n) is 3.58. The first-order valence-electron chi connectivity index (χ1n) is 11.0. The van der Waals surface area contributed by atoms with E-state index in [1.807, 2.05) is 6.07 Å². The third-order valence-electron chi connectivity index (χ3n) is 5.24. The van der Waals surface area contributed by atoms with Crippen LogP contribution in [0.15, 0.2) is 91.5 Å². The molecule has 0 amide bonds. The SMILES string of the molecule is C=CC(=O)OCCCc1ccc(N(c2ccccc2)c2ccc(CCCOC)cc2)cc1. The highest BCUT2D eigenvalue weighted by Crippen LogP contribution is 2.34. The van der Waals surface area contributed by atoms with E-state index in [1.165, 1.54) is 17.2 Å². The number of rotatable bonds is 12. The van der Waals surface area contributed by atoms with Gasteiger partial charge in [-0.2, -0.15) is 0 Å². The number of ether oxygens (including phenoxy) is 2. The Morgan fingerprint density at radius 3 is 1.78 bits per heavy atom. The number of anilines is 3. The molecule has 0 unspecified atom stereocenters. The number of para-hydroxylation sites is 1. The van der Waals surface area contributed by atoms with Gasteiger partial charge in [-0.25, -0.2) is 4.79 Å². The summed E-state index contributed by atoms with van der Waals surface area (Å²) in [5, 5.41) is 0. The average Bonchev–Trinajstić information content (AvgIpc) is 2.84. The standard InChI is InChI=1S/C28H31NO3/c1-3-28(30)32-22-8-10-24-15-19-27(20-16-24)29(25-11-5-4-6-12-25)26-17-13-23(14-18-26)9-7-21-31-2/h3-6,11-20H,1,7-10,21-22H2,2H3. The molecule has 0 heterocycles. The van der Waals surface area contributed by atoms with Crippen LogP contribution in [-0.2, 0) is 27.1 Å². The molecule has 0 aliphatic heterocycles. The van der Waals surface area contributed by atoms with E-state index in [0.717, 1.165) is 49.4 Å². The van der Waals surface area contributed by atoms with Crippen molar-refractivity contribution in [3.05, 3.63) is 103 Å². The van der Waals surface area contributed by atoms with Crippen LogP contribution in [0.1, 0.15) is 24.0 Å². The van der Waals surface area contributed by atoms with Crippen LogP contribution in [0, 0.1) is 0 Å². The van der Waals surface area contributed by atoms with E-state index in [-0.39, 0.29) is 5.97 Å². The molecular weight excluding hydrogens is 398 g/mol. The molecule has 166 valence electrons. The molecule has 0 radical (unpaired) electrons. The van der Waals surface area contributed by atoms with Gasteiger partial charge in [-0.1, -0.05) is 49.0 Å². The highest BCUT2D eigenvalue weighted by Gasteiger charge is 2.12. The molecule has 3 rings (SSSR count). The maximum atomic E-state index is 11.1. The Balaban J connectivity index is 1.73. The minimum Gasteiger partial charge on any atom is -0.463 e. The van der Waals surface area contributed by atoms with Gasteiger partial charge in [0.1, 0.15) is 0 Å². The molecule has 0 fully saturated rings. The quantitative estimate of drug-likeness (QED) is 0.190. The number of methoxy groups -OCH3 is 1. The number of benzene rings is 3. The minimum absolute atomic E-state index is 0.372. The molecule has 3 aromatic rings. The van der Waals surface area contributed by atoms with E-state index in [2.05, 4.69) is 84.3 Å². The lowest BCUT2D eigenvalue weighted by Gasteiger charge is -2.26. The molecular formula is C28H31NO3. The zero-order chi connectivity index (χ0) is 22.6. The van der Waals surface area contributed by atoms with E-state index in [1.54, 1.807) is 7.11 Å². The highest BCUT2D eigenvalue weighted by molar-refractivity contribution is 5.81. The maximum Gasteiger partial charge on any atom is 0.330 e. The fraction of sp³-hybridized carbons (Fsp3) is 0.250. The number of aryl methyl sites for hydroxylation is 2. The molecule has 4 heteroatoms. The number of nitrogens with zero attached hydrogens (tertiary/aromatic N) is 1. The van der Waals surface area contributed by atoms with Gasteiger partial charge in [0, 0.05) is 36.9 Å². The minimum atomic E-state index is -0.372. The van der Waals surface area contributed by atoms with Crippen LogP contribution >= 0.6 is 0 Å². The van der Waals surface area contributed by atoms with Crippen LogP contribution in [0.2, 0.25) is 0 Å². The first-order chi connectivity index (χ1) is 15.7. The first kappa shape index (κ1) is 23.3. The zero-order valence-electron chi connectivity index (χ0n) is 18.7. The van der Waals surface area contributed by atoms with Crippen LogP contribution in [0.25, 0.3) is 0 Å². The molecule has 0 saturated heterocycles. The number of hydrogen-bond donors (Lipinski definition) is 0. The maximum absolute atomic E-state index is 11.1. The molecule has 0 aromatic heterocycles. The first-order valence-corrected chi connectivity index (χ1v) is 11.0. The molecule has 0 atom stereocenters.